The van der Waals surface area contributed by atoms with Gasteiger partial charge in [-0.15, -0.1) is 0 Å². The molecule has 1 amide bonds. The molecule has 8 heteroatoms. The lowest BCUT2D eigenvalue weighted by molar-refractivity contribution is -0.386. The first-order chi connectivity index (χ1) is 13.5. The Hall–Kier alpha value is -3.42. The summed E-state index contributed by atoms with van der Waals surface area (Å²) < 4.78 is 5.40. The fourth-order valence-corrected chi connectivity index (χ4v) is 2.57. The first kappa shape index (κ1) is 20.9. The fraction of sp³-hybridized carbons (Fsp3) is 0.300. The topological polar surface area (TPSA) is 97.1 Å². The number of hydrogen-bond acceptors (Lipinski definition) is 6. The van der Waals surface area contributed by atoms with Crippen LogP contribution in [0.15, 0.2) is 53.6 Å². The highest BCUT2D eigenvalue weighted by Crippen LogP contribution is 2.26. The Morgan fingerprint density at radius 2 is 1.86 bits per heavy atom. The maximum atomic E-state index is 12.1. The molecule has 0 spiro atoms. The van der Waals surface area contributed by atoms with Crippen LogP contribution in [0.4, 0.5) is 11.4 Å². The Bertz CT molecular complexity index is 832. The molecule has 2 aromatic carbocycles. The zero-order valence-corrected chi connectivity index (χ0v) is 16.2. The van der Waals surface area contributed by atoms with E-state index in [2.05, 4.69) is 29.3 Å². The van der Waals surface area contributed by atoms with Gasteiger partial charge in [-0.3, -0.25) is 14.9 Å². The number of hydrogen-bond donors (Lipinski definition) is 1. The van der Waals surface area contributed by atoms with E-state index in [1.165, 1.54) is 31.3 Å². The minimum Gasteiger partial charge on any atom is -0.474 e. The smallest absolute Gasteiger partial charge is 0.310 e. The zero-order chi connectivity index (χ0) is 20.5. The number of carbonyl (C=O) groups excluding carboxylic acids is 1. The van der Waals surface area contributed by atoms with Crippen molar-refractivity contribution in [2.45, 2.75) is 26.9 Å². The van der Waals surface area contributed by atoms with Crippen LogP contribution in [0.2, 0.25) is 0 Å². The van der Waals surface area contributed by atoms with Crippen LogP contribution in [-0.2, 0) is 4.79 Å². The number of nitro groups is 1. The third-order valence-electron chi connectivity index (χ3n) is 4.14. The first-order valence-electron chi connectivity index (χ1n) is 9.04. The average molecular weight is 384 g/mol. The van der Waals surface area contributed by atoms with Crippen molar-refractivity contribution in [1.82, 2.24) is 5.43 Å². The van der Waals surface area contributed by atoms with Crippen LogP contribution in [0.1, 0.15) is 26.3 Å². The molecule has 2 rings (SSSR count). The van der Waals surface area contributed by atoms with Gasteiger partial charge in [-0.05, 0) is 44.5 Å². The van der Waals surface area contributed by atoms with Crippen molar-refractivity contribution in [1.29, 1.82) is 0 Å². The number of nitro benzene ring substituents is 1. The summed E-state index contributed by atoms with van der Waals surface area (Å²) in [5.41, 5.74) is 4.15. The summed E-state index contributed by atoms with van der Waals surface area (Å²) in [6.45, 7) is 7.55. The van der Waals surface area contributed by atoms with Gasteiger partial charge in [0.15, 0.2) is 11.9 Å². The Balaban J connectivity index is 1.93. The molecular weight excluding hydrogens is 360 g/mol. The minimum absolute atomic E-state index is 0.0334. The second-order valence-corrected chi connectivity index (χ2v) is 5.98. The quantitative estimate of drug-likeness (QED) is 0.406. The highest BCUT2D eigenvalue weighted by molar-refractivity contribution is 5.84. The maximum Gasteiger partial charge on any atom is 0.310 e. The summed E-state index contributed by atoms with van der Waals surface area (Å²) in [5.74, 6) is -0.472. The van der Waals surface area contributed by atoms with E-state index in [0.717, 1.165) is 24.3 Å². The number of amides is 1. The van der Waals surface area contributed by atoms with E-state index >= 15 is 0 Å². The van der Waals surface area contributed by atoms with Gasteiger partial charge in [0.05, 0.1) is 11.1 Å². The summed E-state index contributed by atoms with van der Waals surface area (Å²) in [5, 5.41) is 14.9. The highest BCUT2D eigenvalue weighted by atomic mass is 16.6. The fourth-order valence-electron chi connectivity index (χ4n) is 2.57. The molecule has 0 aliphatic rings. The van der Waals surface area contributed by atoms with Gasteiger partial charge in [0.25, 0.3) is 5.91 Å². The molecule has 1 atom stereocenters. The molecule has 0 saturated heterocycles. The van der Waals surface area contributed by atoms with E-state index in [0.29, 0.717) is 0 Å². The SMILES string of the molecule is CCN(CC)c1ccc(/C=N\NC(=O)[C@H](C)Oc2ccccc2[N+](=O)[O-])cc1. The normalized spacial score (nSPS) is 11.8. The van der Waals surface area contributed by atoms with E-state index in [4.69, 9.17) is 4.74 Å². The average Bonchev–Trinajstić information content (AvgIpc) is 2.70. The second kappa shape index (κ2) is 10.1. The van der Waals surface area contributed by atoms with E-state index in [9.17, 15) is 14.9 Å². The van der Waals surface area contributed by atoms with Gasteiger partial charge in [0, 0.05) is 24.8 Å². The molecular formula is C20H24N4O4. The van der Waals surface area contributed by atoms with Crippen LogP contribution in [0.3, 0.4) is 0 Å². The standard InChI is InChI=1S/C20H24N4O4/c1-4-23(5-2)17-12-10-16(11-13-17)14-21-22-20(25)15(3)28-19-9-7-6-8-18(19)24(26)27/h6-15H,4-5H2,1-3H3,(H,22,25)/b21-14-/t15-/m0/s1. The number of ether oxygens (including phenoxy) is 1. The van der Waals surface area contributed by atoms with Crippen LogP contribution >= 0.6 is 0 Å². The molecule has 0 aliphatic heterocycles. The van der Waals surface area contributed by atoms with Gasteiger partial charge < -0.3 is 9.64 Å². The number of nitrogens with zero attached hydrogens (tertiary/aromatic N) is 3. The molecule has 2 aromatic rings. The predicted octanol–water partition coefficient (Wildman–Crippen LogP) is 3.36. The molecule has 0 unspecified atom stereocenters. The van der Waals surface area contributed by atoms with Crippen LogP contribution in [0.5, 0.6) is 5.75 Å². The summed E-state index contributed by atoms with van der Waals surface area (Å²) in [6, 6.07) is 13.7. The van der Waals surface area contributed by atoms with Crippen LogP contribution in [0.25, 0.3) is 0 Å². The molecule has 8 nitrogen and oxygen atoms in total. The summed E-state index contributed by atoms with van der Waals surface area (Å²) in [6.07, 6.45) is 0.588. The number of hydrazone groups is 1. The van der Waals surface area contributed by atoms with Crippen molar-refractivity contribution < 1.29 is 14.5 Å². The van der Waals surface area contributed by atoms with E-state index in [-0.39, 0.29) is 11.4 Å². The largest absolute Gasteiger partial charge is 0.474 e. The molecule has 0 fully saturated rings. The molecule has 28 heavy (non-hydrogen) atoms. The number of carbonyl (C=O) groups is 1. The van der Waals surface area contributed by atoms with Gasteiger partial charge in [-0.2, -0.15) is 5.10 Å². The number of nitrogens with one attached hydrogen (secondary N) is 1. The third-order valence-corrected chi connectivity index (χ3v) is 4.14. The highest BCUT2D eigenvalue weighted by Gasteiger charge is 2.20. The van der Waals surface area contributed by atoms with E-state index in [1.54, 1.807) is 6.07 Å². The molecule has 1 N–H and O–H groups in total. The van der Waals surface area contributed by atoms with E-state index in [1.807, 2.05) is 24.3 Å². The zero-order valence-electron chi connectivity index (χ0n) is 16.2. The second-order valence-electron chi connectivity index (χ2n) is 5.98. The first-order valence-corrected chi connectivity index (χ1v) is 9.04. The van der Waals surface area contributed by atoms with Crippen molar-refractivity contribution in [3.63, 3.8) is 0 Å². The lowest BCUT2D eigenvalue weighted by Gasteiger charge is -2.20. The number of para-hydroxylation sites is 2. The van der Waals surface area contributed by atoms with Crippen LogP contribution in [-0.4, -0.2) is 36.2 Å². The van der Waals surface area contributed by atoms with Crippen molar-refractivity contribution in [3.05, 3.63) is 64.2 Å². The van der Waals surface area contributed by atoms with Gasteiger partial charge >= 0.3 is 5.69 Å². The lowest BCUT2D eigenvalue weighted by Crippen LogP contribution is -2.33. The monoisotopic (exact) mass is 384 g/mol. The van der Waals surface area contributed by atoms with Crippen molar-refractivity contribution in [2.24, 2.45) is 5.10 Å². The molecule has 0 bridgehead atoms. The van der Waals surface area contributed by atoms with Crippen molar-refractivity contribution in [2.75, 3.05) is 18.0 Å². The Labute approximate surface area is 164 Å². The van der Waals surface area contributed by atoms with Crippen LogP contribution in [0, 0.1) is 10.1 Å². The maximum absolute atomic E-state index is 12.1. The van der Waals surface area contributed by atoms with Gasteiger partial charge in [0.1, 0.15) is 0 Å². The van der Waals surface area contributed by atoms with Crippen molar-refractivity contribution in [3.8, 4) is 5.75 Å². The molecule has 0 saturated carbocycles. The lowest BCUT2D eigenvalue weighted by atomic mass is 10.2. The predicted molar refractivity (Wildman–Crippen MR) is 109 cm³/mol. The van der Waals surface area contributed by atoms with E-state index < -0.39 is 16.9 Å². The molecule has 0 aromatic heterocycles. The summed E-state index contributed by atoms with van der Waals surface area (Å²) >= 11 is 0. The molecule has 0 aliphatic carbocycles. The Morgan fingerprint density at radius 1 is 1.21 bits per heavy atom. The Morgan fingerprint density at radius 3 is 2.46 bits per heavy atom. The van der Waals surface area contributed by atoms with Gasteiger partial charge in [-0.1, -0.05) is 24.3 Å². The molecule has 0 heterocycles. The minimum atomic E-state index is -0.941. The van der Waals surface area contributed by atoms with Gasteiger partial charge in [0.2, 0.25) is 0 Å². The Kier molecular flexibility index (Phi) is 7.50. The number of benzene rings is 2. The summed E-state index contributed by atoms with van der Waals surface area (Å²) in [7, 11) is 0. The summed E-state index contributed by atoms with van der Waals surface area (Å²) in [4.78, 5) is 24.8. The number of rotatable bonds is 9. The molecule has 148 valence electrons. The van der Waals surface area contributed by atoms with Crippen LogP contribution < -0.4 is 15.1 Å². The number of anilines is 1. The molecule has 0 radical (unpaired) electrons. The van der Waals surface area contributed by atoms with Gasteiger partial charge in [-0.25, -0.2) is 5.43 Å². The van der Waals surface area contributed by atoms with Crippen molar-refractivity contribution >= 4 is 23.5 Å². The third kappa shape index (κ3) is 5.54.